The predicted molar refractivity (Wildman–Crippen MR) is 73.4 cm³/mol. The van der Waals surface area contributed by atoms with Gasteiger partial charge in [-0.1, -0.05) is 6.92 Å². The number of piperidine rings is 1. The average molecular weight is 267 g/mol. The number of hydrogen-bond acceptors (Lipinski definition) is 5. The van der Waals surface area contributed by atoms with Crippen molar-refractivity contribution in [3.63, 3.8) is 0 Å². The van der Waals surface area contributed by atoms with Crippen molar-refractivity contribution in [2.24, 2.45) is 7.05 Å². The Morgan fingerprint density at radius 3 is 3.05 bits per heavy atom. The third kappa shape index (κ3) is 3.04. The standard InChI is InChI=1S/C12H21N5O2/c1-3-7-16(10-5-4-6-13-8-10)12-11(17(18)19)9-15(2)14-12/h9-10,13H,3-8H2,1-2H3. The van der Waals surface area contributed by atoms with Gasteiger partial charge in [0, 0.05) is 26.2 Å². The first kappa shape index (κ1) is 13.8. The molecule has 1 aromatic rings. The summed E-state index contributed by atoms with van der Waals surface area (Å²) in [6.45, 7) is 4.77. The molecule has 0 bridgehead atoms. The topological polar surface area (TPSA) is 76.2 Å². The van der Waals surface area contributed by atoms with Crippen molar-refractivity contribution in [1.82, 2.24) is 15.1 Å². The summed E-state index contributed by atoms with van der Waals surface area (Å²) in [7, 11) is 1.72. The number of aryl methyl sites for hydroxylation is 1. The van der Waals surface area contributed by atoms with Gasteiger partial charge in [-0.05, 0) is 25.8 Å². The quantitative estimate of drug-likeness (QED) is 0.642. The lowest BCUT2D eigenvalue weighted by molar-refractivity contribution is -0.384. The Kier molecular flexibility index (Phi) is 4.36. The molecule has 0 spiro atoms. The van der Waals surface area contributed by atoms with E-state index in [0.29, 0.717) is 11.9 Å². The number of nitrogens with one attached hydrogen (secondary N) is 1. The summed E-state index contributed by atoms with van der Waals surface area (Å²) in [6.07, 6.45) is 4.59. The lowest BCUT2D eigenvalue weighted by Gasteiger charge is -2.34. The molecule has 2 heterocycles. The molecule has 1 aliphatic heterocycles. The minimum Gasteiger partial charge on any atom is -0.345 e. The fourth-order valence-corrected chi connectivity index (χ4v) is 2.60. The van der Waals surface area contributed by atoms with Crippen LogP contribution in [0, 0.1) is 10.1 Å². The van der Waals surface area contributed by atoms with E-state index in [1.807, 2.05) is 0 Å². The van der Waals surface area contributed by atoms with E-state index in [4.69, 9.17) is 0 Å². The Balaban J connectivity index is 2.29. The summed E-state index contributed by atoms with van der Waals surface area (Å²) >= 11 is 0. The smallest absolute Gasteiger partial charge is 0.330 e. The van der Waals surface area contributed by atoms with Gasteiger partial charge in [-0.25, -0.2) is 0 Å². The van der Waals surface area contributed by atoms with Crippen molar-refractivity contribution in [1.29, 1.82) is 0 Å². The van der Waals surface area contributed by atoms with E-state index in [2.05, 4.69) is 22.2 Å². The first-order chi connectivity index (χ1) is 9.13. The summed E-state index contributed by atoms with van der Waals surface area (Å²) in [4.78, 5) is 12.9. The molecule has 0 amide bonds. The lowest BCUT2D eigenvalue weighted by Crippen LogP contribution is -2.46. The van der Waals surface area contributed by atoms with E-state index in [0.717, 1.165) is 38.9 Å². The van der Waals surface area contributed by atoms with Crippen molar-refractivity contribution < 1.29 is 4.92 Å². The first-order valence-electron chi connectivity index (χ1n) is 6.79. The van der Waals surface area contributed by atoms with Gasteiger partial charge >= 0.3 is 5.69 Å². The van der Waals surface area contributed by atoms with Crippen LogP contribution in [0.1, 0.15) is 26.2 Å². The van der Waals surface area contributed by atoms with Crippen LogP contribution in [0.15, 0.2) is 6.20 Å². The second kappa shape index (κ2) is 6.01. The molecule has 7 heteroatoms. The second-order valence-corrected chi connectivity index (χ2v) is 4.96. The zero-order valence-corrected chi connectivity index (χ0v) is 11.5. The number of rotatable bonds is 5. The molecule has 106 valence electrons. The van der Waals surface area contributed by atoms with Gasteiger partial charge in [0.15, 0.2) is 0 Å². The summed E-state index contributed by atoms with van der Waals surface area (Å²) in [5.74, 6) is 0.503. The SMILES string of the molecule is CCCN(c1nn(C)cc1[N+](=O)[O-])C1CCCNC1. The molecule has 0 aromatic carbocycles. The molecule has 19 heavy (non-hydrogen) atoms. The fourth-order valence-electron chi connectivity index (χ4n) is 2.60. The zero-order valence-electron chi connectivity index (χ0n) is 11.5. The minimum atomic E-state index is -0.346. The maximum Gasteiger partial charge on any atom is 0.330 e. The highest BCUT2D eigenvalue weighted by atomic mass is 16.6. The molecule has 1 fully saturated rings. The van der Waals surface area contributed by atoms with Crippen LogP contribution in [0.2, 0.25) is 0 Å². The van der Waals surface area contributed by atoms with Crippen molar-refractivity contribution in [3.05, 3.63) is 16.3 Å². The van der Waals surface area contributed by atoms with Crippen molar-refractivity contribution >= 4 is 11.5 Å². The molecule has 1 atom stereocenters. The molecule has 1 saturated heterocycles. The van der Waals surface area contributed by atoms with Crippen LogP contribution in [-0.4, -0.2) is 40.4 Å². The van der Waals surface area contributed by atoms with Crippen molar-refractivity contribution in [2.45, 2.75) is 32.2 Å². The Hall–Kier alpha value is -1.63. The molecule has 0 radical (unpaired) electrons. The number of aromatic nitrogens is 2. The van der Waals surface area contributed by atoms with E-state index >= 15 is 0 Å². The highest BCUT2D eigenvalue weighted by Gasteiger charge is 2.29. The third-order valence-electron chi connectivity index (χ3n) is 3.44. The highest BCUT2D eigenvalue weighted by Crippen LogP contribution is 2.29. The number of hydrogen-bond donors (Lipinski definition) is 1. The molecule has 1 N–H and O–H groups in total. The van der Waals surface area contributed by atoms with Crippen LogP contribution in [0.3, 0.4) is 0 Å². The van der Waals surface area contributed by atoms with Crippen LogP contribution in [0.4, 0.5) is 11.5 Å². The molecule has 0 saturated carbocycles. The molecule has 7 nitrogen and oxygen atoms in total. The second-order valence-electron chi connectivity index (χ2n) is 4.96. The van der Waals surface area contributed by atoms with Gasteiger partial charge in [-0.3, -0.25) is 14.8 Å². The Morgan fingerprint density at radius 2 is 2.47 bits per heavy atom. The summed E-state index contributed by atoms with van der Waals surface area (Å²) < 4.78 is 1.52. The van der Waals surface area contributed by atoms with E-state index in [9.17, 15) is 10.1 Å². The van der Waals surface area contributed by atoms with Gasteiger partial charge in [0.25, 0.3) is 0 Å². The van der Waals surface area contributed by atoms with Crippen molar-refractivity contribution in [2.75, 3.05) is 24.5 Å². The first-order valence-corrected chi connectivity index (χ1v) is 6.79. The molecule has 1 aromatic heterocycles. The monoisotopic (exact) mass is 267 g/mol. The van der Waals surface area contributed by atoms with Crippen LogP contribution in [0.25, 0.3) is 0 Å². The van der Waals surface area contributed by atoms with E-state index in [1.165, 1.54) is 10.9 Å². The van der Waals surface area contributed by atoms with Gasteiger partial charge in [-0.2, -0.15) is 0 Å². The zero-order chi connectivity index (χ0) is 13.8. The molecule has 2 rings (SSSR count). The fraction of sp³-hybridized carbons (Fsp3) is 0.750. The third-order valence-corrected chi connectivity index (χ3v) is 3.44. The number of nitrogens with zero attached hydrogens (tertiary/aromatic N) is 4. The van der Waals surface area contributed by atoms with Crippen LogP contribution < -0.4 is 10.2 Å². The number of nitro groups is 1. The Bertz CT molecular complexity index is 439. The number of anilines is 1. The van der Waals surface area contributed by atoms with Gasteiger partial charge in [-0.15, -0.1) is 5.10 Å². The van der Waals surface area contributed by atoms with Gasteiger partial charge in [0.2, 0.25) is 5.82 Å². The maximum atomic E-state index is 11.1. The van der Waals surface area contributed by atoms with Crippen LogP contribution in [0.5, 0.6) is 0 Å². The average Bonchev–Trinajstić information content (AvgIpc) is 2.79. The van der Waals surface area contributed by atoms with Gasteiger partial charge in [0.05, 0.1) is 4.92 Å². The minimum absolute atomic E-state index is 0.0986. The van der Waals surface area contributed by atoms with E-state index in [-0.39, 0.29) is 10.6 Å². The molecular weight excluding hydrogens is 246 g/mol. The lowest BCUT2D eigenvalue weighted by atomic mass is 10.1. The molecule has 1 aliphatic rings. The van der Waals surface area contributed by atoms with Crippen molar-refractivity contribution in [3.8, 4) is 0 Å². The van der Waals surface area contributed by atoms with Crippen LogP contribution >= 0.6 is 0 Å². The largest absolute Gasteiger partial charge is 0.345 e. The summed E-state index contributed by atoms with van der Waals surface area (Å²) in [6, 6.07) is 0.294. The van der Waals surface area contributed by atoms with Gasteiger partial charge < -0.3 is 10.2 Å². The van der Waals surface area contributed by atoms with Gasteiger partial charge in [0.1, 0.15) is 6.20 Å². The normalized spacial score (nSPS) is 19.4. The van der Waals surface area contributed by atoms with Crippen LogP contribution in [-0.2, 0) is 7.05 Å². The van der Waals surface area contributed by atoms with E-state index in [1.54, 1.807) is 7.05 Å². The highest BCUT2D eigenvalue weighted by molar-refractivity contribution is 5.57. The molecule has 1 unspecified atom stereocenters. The molecular formula is C12H21N5O2. The molecule has 0 aliphatic carbocycles. The van der Waals surface area contributed by atoms with E-state index < -0.39 is 0 Å². The predicted octanol–water partition coefficient (Wildman–Crippen LogP) is 1.30. The summed E-state index contributed by atoms with van der Waals surface area (Å²) in [5.41, 5.74) is 0.0986. The summed E-state index contributed by atoms with van der Waals surface area (Å²) in [5, 5.41) is 18.8. The maximum absolute atomic E-state index is 11.1. The Labute approximate surface area is 112 Å². The Morgan fingerprint density at radius 1 is 1.68 bits per heavy atom.